The van der Waals surface area contributed by atoms with E-state index in [4.69, 9.17) is 9.15 Å². The molecule has 172 valence electrons. The lowest BCUT2D eigenvalue weighted by molar-refractivity contribution is -0.114. The standard InChI is InChI=1S/C20H18FN5O3.C3H6O/c1-10-6-13(8-16(28-3)17(10)21)24-19-22-9-11(2)18(26-19)23-12-4-5-15-14(7-12)25-20(27)29-15;1-3(2)4/h4-9H,1-3H3,(H,25,27)(H2,22,23,24,26);1-2H3. The van der Waals surface area contributed by atoms with Crippen LogP contribution >= 0.6 is 0 Å². The Balaban J connectivity index is 0.000000709. The van der Waals surface area contributed by atoms with Crippen molar-refractivity contribution in [2.75, 3.05) is 17.7 Å². The second kappa shape index (κ2) is 9.94. The van der Waals surface area contributed by atoms with Gasteiger partial charge in [0.25, 0.3) is 0 Å². The minimum atomic E-state index is -0.508. The second-order valence-corrected chi connectivity index (χ2v) is 7.42. The van der Waals surface area contributed by atoms with Crippen LogP contribution < -0.4 is 21.1 Å². The highest BCUT2D eigenvalue weighted by atomic mass is 19.1. The second-order valence-electron chi connectivity index (χ2n) is 7.42. The Morgan fingerprint density at radius 2 is 1.82 bits per heavy atom. The van der Waals surface area contributed by atoms with E-state index in [1.807, 2.05) is 6.92 Å². The summed E-state index contributed by atoms with van der Waals surface area (Å²) < 4.78 is 24.0. The van der Waals surface area contributed by atoms with Crippen LogP contribution in [0.3, 0.4) is 0 Å². The number of carbonyl (C=O) groups excluding carboxylic acids is 1. The summed E-state index contributed by atoms with van der Waals surface area (Å²) in [7, 11) is 1.41. The number of nitrogens with one attached hydrogen (secondary N) is 3. The fraction of sp³-hybridized carbons (Fsp3) is 0.217. The number of fused-ring (bicyclic) bond motifs is 1. The van der Waals surface area contributed by atoms with E-state index in [1.165, 1.54) is 21.0 Å². The number of aryl methyl sites for hydroxylation is 2. The monoisotopic (exact) mass is 453 g/mol. The number of nitrogens with zero attached hydrogens (tertiary/aromatic N) is 2. The highest BCUT2D eigenvalue weighted by molar-refractivity contribution is 5.78. The van der Waals surface area contributed by atoms with Gasteiger partial charge < -0.3 is 24.6 Å². The molecule has 9 nitrogen and oxygen atoms in total. The number of methoxy groups -OCH3 is 1. The van der Waals surface area contributed by atoms with Crippen LogP contribution in [0.4, 0.5) is 27.5 Å². The molecule has 33 heavy (non-hydrogen) atoms. The number of carbonyl (C=O) groups is 1. The maximum atomic E-state index is 14.0. The van der Waals surface area contributed by atoms with Gasteiger partial charge in [-0.25, -0.2) is 14.2 Å². The van der Waals surface area contributed by atoms with Crippen molar-refractivity contribution in [1.29, 1.82) is 0 Å². The average Bonchev–Trinajstić information content (AvgIpc) is 3.12. The third-order valence-corrected chi connectivity index (χ3v) is 4.35. The minimum Gasteiger partial charge on any atom is -0.494 e. The first-order chi connectivity index (χ1) is 15.7. The van der Waals surface area contributed by atoms with Gasteiger partial charge in [0, 0.05) is 29.2 Å². The van der Waals surface area contributed by atoms with Gasteiger partial charge in [-0.15, -0.1) is 0 Å². The summed E-state index contributed by atoms with van der Waals surface area (Å²) in [5, 5.41) is 6.26. The molecule has 0 saturated heterocycles. The molecule has 0 radical (unpaired) electrons. The van der Waals surface area contributed by atoms with E-state index in [0.717, 1.165) is 11.3 Å². The summed E-state index contributed by atoms with van der Waals surface area (Å²) in [4.78, 5) is 32.1. The molecule has 0 amide bonds. The predicted octanol–water partition coefficient (Wildman–Crippen LogP) is 4.76. The summed E-state index contributed by atoms with van der Waals surface area (Å²) in [6.07, 6.45) is 1.67. The van der Waals surface area contributed by atoms with Gasteiger partial charge in [-0.05, 0) is 57.5 Å². The fourth-order valence-electron chi connectivity index (χ4n) is 2.88. The van der Waals surface area contributed by atoms with E-state index in [2.05, 4.69) is 25.6 Å². The van der Waals surface area contributed by atoms with Crippen molar-refractivity contribution in [3.8, 4) is 5.75 Å². The van der Waals surface area contributed by atoms with E-state index in [0.29, 0.717) is 34.1 Å². The highest BCUT2D eigenvalue weighted by Crippen LogP contribution is 2.28. The number of hydrogen-bond donors (Lipinski definition) is 3. The third kappa shape index (κ3) is 5.94. The van der Waals surface area contributed by atoms with Crippen LogP contribution in [0.15, 0.2) is 45.7 Å². The molecule has 0 atom stereocenters. The number of benzene rings is 2. The first kappa shape index (κ1) is 23.5. The first-order valence-electron chi connectivity index (χ1n) is 9.98. The summed E-state index contributed by atoms with van der Waals surface area (Å²) in [6.45, 7) is 6.58. The maximum Gasteiger partial charge on any atom is 0.417 e. The molecule has 4 aromatic rings. The summed E-state index contributed by atoms with van der Waals surface area (Å²) in [6, 6.07) is 8.42. The topological polar surface area (TPSA) is 122 Å². The Bertz CT molecular complexity index is 1360. The molecular formula is C23H24FN5O4. The van der Waals surface area contributed by atoms with E-state index >= 15 is 0 Å². The number of aromatic amines is 1. The SMILES string of the molecule is CC(C)=O.COc1cc(Nc2ncc(C)c(Nc3ccc4oc(=O)[nH]c4c3)n2)cc(C)c1F. The van der Waals surface area contributed by atoms with Gasteiger partial charge in [0.15, 0.2) is 17.1 Å². The largest absolute Gasteiger partial charge is 0.494 e. The summed E-state index contributed by atoms with van der Waals surface area (Å²) in [5.41, 5.74) is 3.65. The zero-order valence-electron chi connectivity index (χ0n) is 18.9. The van der Waals surface area contributed by atoms with Gasteiger partial charge in [-0.2, -0.15) is 4.98 Å². The summed E-state index contributed by atoms with van der Waals surface area (Å²) >= 11 is 0. The molecule has 0 fully saturated rings. The lowest BCUT2D eigenvalue weighted by atomic mass is 10.2. The average molecular weight is 453 g/mol. The number of H-pyrrole nitrogens is 1. The van der Waals surface area contributed by atoms with Gasteiger partial charge >= 0.3 is 5.76 Å². The molecule has 0 aliphatic rings. The van der Waals surface area contributed by atoms with Crippen molar-refractivity contribution in [3.63, 3.8) is 0 Å². The number of aromatic nitrogens is 3. The van der Waals surface area contributed by atoms with Crippen molar-refractivity contribution < 1.29 is 18.3 Å². The molecule has 2 heterocycles. The molecule has 0 bridgehead atoms. The van der Waals surface area contributed by atoms with Crippen LogP contribution in [-0.2, 0) is 4.79 Å². The van der Waals surface area contributed by atoms with Crippen LogP contribution in [0.25, 0.3) is 11.1 Å². The Morgan fingerprint density at radius 3 is 2.52 bits per heavy atom. The molecule has 0 aliphatic heterocycles. The number of Topliss-reactive ketones (excluding diaryl/α,β-unsaturated/α-hetero) is 1. The quantitative estimate of drug-likeness (QED) is 0.395. The zero-order valence-corrected chi connectivity index (χ0v) is 18.9. The number of ketones is 1. The molecule has 0 saturated carbocycles. The number of rotatable bonds is 5. The summed E-state index contributed by atoms with van der Waals surface area (Å²) in [5.74, 6) is 0.313. The Kier molecular flexibility index (Phi) is 7.07. The van der Waals surface area contributed by atoms with Gasteiger partial charge in [-0.1, -0.05) is 0 Å². The van der Waals surface area contributed by atoms with Crippen molar-refractivity contribution in [2.45, 2.75) is 27.7 Å². The molecule has 0 spiro atoms. The zero-order chi connectivity index (χ0) is 24.1. The number of anilines is 4. The van der Waals surface area contributed by atoms with Crippen LogP contribution in [0.1, 0.15) is 25.0 Å². The Morgan fingerprint density at radius 1 is 1.09 bits per heavy atom. The predicted molar refractivity (Wildman–Crippen MR) is 124 cm³/mol. The minimum absolute atomic E-state index is 0.139. The van der Waals surface area contributed by atoms with Crippen molar-refractivity contribution in [3.05, 3.63) is 64.0 Å². The number of ether oxygens (including phenoxy) is 1. The van der Waals surface area contributed by atoms with Crippen molar-refractivity contribution in [1.82, 2.24) is 15.0 Å². The number of oxazole rings is 1. The number of halogens is 1. The Labute approximate surface area is 189 Å². The number of hydrogen-bond acceptors (Lipinski definition) is 8. The molecule has 4 rings (SSSR count). The van der Waals surface area contributed by atoms with Crippen molar-refractivity contribution >= 4 is 40.0 Å². The van der Waals surface area contributed by atoms with Crippen LogP contribution in [0, 0.1) is 19.7 Å². The first-order valence-corrected chi connectivity index (χ1v) is 9.98. The molecule has 2 aromatic heterocycles. The molecule has 3 N–H and O–H groups in total. The van der Waals surface area contributed by atoms with Crippen LogP contribution in [-0.4, -0.2) is 27.8 Å². The molecular weight excluding hydrogens is 429 g/mol. The lowest BCUT2D eigenvalue weighted by Crippen LogP contribution is -2.03. The Hall–Kier alpha value is -4.21. The van der Waals surface area contributed by atoms with Crippen LogP contribution in [0.5, 0.6) is 5.75 Å². The molecule has 0 aliphatic carbocycles. The lowest BCUT2D eigenvalue weighted by Gasteiger charge is -2.12. The normalized spacial score (nSPS) is 10.4. The highest BCUT2D eigenvalue weighted by Gasteiger charge is 2.11. The molecule has 10 heteroatoms. The third-order valence-electron chi connectivity index (χ3n) is 4.35. The fourth-order valence-corrected chi connectivity index (χ4v) is 2.88. The molecule has 2 aromatic carbocycles. The van der Waals surface area contributed by atoms with Gasteiger partial charge in [0.1, 0.15) is 11.6 Å². The van der Waals surface area contributed by atoms with E-state index in [9.17, 15) is 14.0 Å². The van der Waals surface area contributed by atoms with Crippen LogP contribution in [0.2, 0.25) is 0 Å². The van der Waals surface area contributed by atoms with E-state index < -0.39 is 11.6 Å². The van der Waals surface area contributed by atoms with Crippen molar-refractivity contribution in [2.24, 2.45) is 0 Å². The van der Waals surface area contributed by atoms with Gasteiger partial charge in [-0.3, -0.25) is 4.98 Å². The molecule has 0 unspecified atom stereocenters. The van der Waals surface area contributed by atoms with E-state index in [1.54, 1.807) is 43.5 Å². The van der Waals surface area contributed by atoms with Gasteiger partial charge in [0.2, 0.25) is 5.95 Å². The van der Waals surface area contributed by atoms with E-state index in [-0.39, 0.29) is 11.5 Å². The smallest absolute Gasteiger partial charge is 0.417 e. The van der Waals surface area contributed by atoms with Gasteiger partial charge in [0.05, 0.1) is 12.6 Å². The maximum absolute atomic E-state index is 14.0.